The molecule has 0 spiro atoms. The van der Waals surface area contributed by atoms with Crippen molar-refractivity contribution < 1.29 is 22.3 Å². The Bertz CT molecular complexity index is 155. The summed E-state index contributed by atoms with van der Waals surface area (Å²) in [5.74, 6) is -1.27. The van der Waals surface area contributed by atoms with Gasteiger partial charge >= 0.3 is 49.7 Å². The minimum absolute atomic E-state index is 0. The molecule has 0 aliphatic carbocycles. The van der Waals surface area contributed by atoms with Gasteiger partial charge in [0.25, 0.3) is 0 Å². The molecule has 0 amide bonds. The van der Waals surface area contributed by atoms with Crippen LogP contribution in [0.15, 0.2) is 0 Å². The molecule has 4 nitrogen and oxygen atoms in total. The Morgan fingerprint density at radius 1 is 1.42 bits per heavy atom. The molecular formula is C7H14CaO4. The van der Waals surface area contributed by atoms with Crippen LogP contribution < -0.4 is 0 Å². The van der Waals surface area contributed by atoms with Crippen molar-refractivity contribution in [2.45, 2.75) is 26.2 Å². The Balaban J connectivity index is -0.000000167. The van der Waals surface area contributed by atoms with Crippen LogP contribution in [0.1, 0.15) is 29.0 Å². The maximum absolute atomic E-state index is 10.6. The van der Waals surface area contributed by atoms with E-state index in [4.69, 9.17) is 5.11 Å². The Morgan fingerprint density at radius 3 is 2.42 bits per heavy atom. The van der Waals surface area contributed by atoms with Crippen LogP contribution in [0.3, 0.4) is 0 Å². The standard InChI is InChI=1S/C7H12O4.Ca.2H/c1-2-3-7(10)11-5-4-6(8)9;;;/h2-5H2,1H3,(H,8,9);;;/q;+2;2*-1. The number of carbonyl (C=O) groups is 2. The fourth-order valence-corrected chi connectivity index (χ4v) is 0.528. The second-order valence-electron chi connectivity index (χ2n) is 2.11. The molecule has 0 aliphatic heterocycles. The number of hydrogen-bond donors (Lipinski definition) is 1. The Hall–Kier alpha value is 0.200. The molecule has 0 aromatic rings. The van der Waals surface area contributed by atoms with Crippen molar-refractivity contribution in [3.8, 4) is 0 Å². The van der Waals surface area contributed by atoms with Gasteiger partial charge in [-0.2, -0.15) is 0 Å². The molecule has 68 valence electrons. The van der Waals surface area contributed by atoms with Crippen molar-refractivity contribution in [3.05, 3.63) is 0 Å². The molecule has 0 unspecified atom stereocenters. The topological polar surface area (TPSA) is 63.6 Å². The van der Waals surface area contributed by atoms with E-state index in [1.165, 1.54) is 0 Å². The van der Waals surface area contributed by atoms with Crippen molar-refractivity contribution in [2.75, 3.05) is 6.61 Å². The summed E-state index contributed by atoms with van der Waals surface area (Å²) in [5.41, 5.74) is 0. The van der Waals surface area contributed by atoms with Crippen molar-refractivity contribution in [1.29, 1.82) is 0 Å². The zero-order valence-corrected chi connectivity index (χ0v) is 9.42. The number of rotatable bonds is 5. The van der Waals surface area contributed by atoms with Gasteiger partial charge in [0.15, 0.2) is 0 Å². The summed E-state index contributed by atoms with van der Waals surface area (Å²) < 4.78 is 4.57. The second-order valence-corrected chi connectivity index (χ2v) is 2.11. The van der Waals surface area contributed by atoms with E-state index in [1.54, 1.807) is 0 Å². The molecular weight excluding hydrogens is 188 g/mol. The molecule has 0 aliphatic rings. The van der Waals surface area contributed by atoms with Crippen LogP contribution >= 0.6 is 0 Å². The number of aliphatic carboxylic acids is 1. The Labute approximate surface area is 104 Å². The zero-order chi connectivity index (χ0) is 8.69. The fourth-order valence-electron chi connectivity index (χ4n) is 0.528. The molecule has 5 heteroatoms. The maximum Gasteiger partial charge on any atom is 2.00 e. The van der Waals surface area contributed by atoms with Gasteiger partial charge in [-0.05, 0) is 6.42 Å². The predicted molar refractivity (Wildman–Crippen MR) is 46.1 cm³/mol. The summed E-state index contributed by atoms with van der Waals surface area (Å²) >= 11 is 0. The molecule has 0 rings (SSSR count). The van der Waals surface area contributed by atoms with Crippen LogP contribution in [0.4, 0.5) is 0 Å². The number of esters is 1. The van der Waals surface area contributed by atoms with Crippen LogP contribution in [0, 0.1) is 0 Å². The molecule has 0 bridgehead atoms. The summed E-state index contributed by atoms with van der Waals surface area (Å²) in [4.78, 5) is 20.6. The molecule has 1 N–H and O–H groups in total. The predicted octanol–water partition coefficient (Wildman–Crippen LogP) is 0.649. The SMILES string of the molecule is CCCC(=O)OCCC(=O)O.[Ca+2].[H-].[H-]. The molecule has 0 fully saturated rings. The summed E-state index contributed by atoms with van der Waals surface area (Å²) in [6, 6.07) is 0. The van der Waals surface area contributed by atoms with Crippen LogP contribution in [0.25, 0.3) is 0 Å². The molecule has 12 heavy (non-hydrogen) atoms. The first kappa shape index (κ1) is 14.7. The zero-order valence-electron chi connectivity index (χ0n) is 9.21. The normalized spacial score (nSPS) is 8.42. The molecule has 0 saturated carbocycles. The van der Waals surface area contributed by atoms with Gasteiger partial charge < -0.3 is 12.7 Å². The van der Waals surface area contributed by atoms with E-state index < -0.39 is 5.97 Å². The molecule has 0 atom stereocenters. The number of carboxylic acids is 1. The van der Waals surface area contributed by atoms with E-state index in [9.17, 15) is 9.59 Å². The largest absolute Gasteiger partial charge is 2.00 e. The number of hydrogen-bond acceptors (Lipinski definition) is 3. The summed E-state index contributed by atoms with van der Waals surface area (Å²) in [6.07, 6.45) is 0.973. The molecule has 0 radical (unpaired) electrons. The van der Waals surface area contributed by atoms with E-state index in [2.05, 4.69) is 4.74 Å². The summed E-state index contributed by atoms with van der Waals surface area (Å²) in [7, 11) is 0. The van der Waals surface area contributed by atoms with E-state index in [0.29, 0.717) is 6.42 Å². The van der Waals surface area contributed by atoms with Gasteiger partial charge in [-0.3, -0.25) is 9.59 Å². The number of carboxylic acid groups (broad SMARTS) is 1. The van der Waals surface area contributed by atoms with Gasteiger partial charge in [-0.15, -0.1) is 0 Å². The van der Waals surface area contributed by atoms with Gasteiger partial charge in [0.1, 0.15) is 6.61 Å². The fraction of sp³-hybridized carbons (Fsp3) is 0.714. The van der Waals surface area contributed by atoms with Gasteiger partial charge in [-0.1, -0.05) is 6.92 Å². The first-order chi connectivity index (χ1) is 5.16. The quantitative estimate of drug-likeness (QED) is 0.525. The number of ether oxygens (including phenoxy) is 1. The molecule has 0 heterocycles. The van der Waals surface area contributed by atoms with Crippen LogP contribution in [-0.4, -0.2) is 61.4 Å². The van der Waals surface area contributed by atoms with Crippen molar-refractivity contribution >= 4 is 49.7 Å². The minimum atomic E-state index is -0.950. The average molecular weight is 202 g/mol. The first-order valence-corrected chi connectivity index (χ1v) is 3.54. The number of carbonyl (C=O) groups excluding carboxylic acids is 1. The Morgan fingerprint density at radius 2 is 2.00 bits per heavy atom. The minimum Gasteiger partial charge on any atom is -1.00 e. The van der Waals surface area contributed by atoms with Gasteiger partial charge in [0.2, 0.25) is 0 Å². The van der Waals surface area contributed by atoms with E-state index >= 15 is 0 Å². The summed E-state index contributed by atoms with van der Waals surface area (Å²) in [5, 5.41) is 8.16. The van der Waals surface area contributed by atoms with Gasteiger partial charge in [0.05, 0.1) is 6.42 Å². The molecule has 0 aromatic carbocycles. The van der Waals surface area contributed by atoms with Crippen molar-refractivity contribution in [1.82, 2.24) is 0 Å². The monoisotopic (exact) mass is 202 g/mol. The Kier molecular flexibility index (Phi) is 11.4. The third kappa shape index (κ3) is 10.2. The van der Waals surface area contributed by atoms with Crippen LogP contribution in [0.5, 0.6) is 0 Å². The van der Waals surface area contributed by atoms with E-state index in [1.807, 2.05) is 6.92 Å². The van der Waals surface area contributed by atoms with E-state index in [0.717, 1.165) is 6.42 Å². The first-order valence-electron chi connectivity index (χ1n) is 3.54. The van der Waals surface area contributed by atoms with E-state index in [-0.39, 0.29) is 59.6 Å². The van der Waals surface area contributed by atoms with Crippen LogP contribution in [-0.2, 0) is 14.3 Å². The smallest absolute Gasteiger partial charge is 1.00 e. The maximum atomic E-state index is 10.6. The summed E-state index contributed by atoms with van der Waals surface area (Å²) in [6.45, 7) is 1.84. The average Bonchev–Trinajstić information content (AvgIpc) is 1.87. The molecule has 0 saturated heterocycles. The van der Waals surface area contributed by atoms with Crippen molar-refractivity contribution in [3.63, 3.8) is 0 Å². The molecule has 0 aromatic heterocycles. The second kappa shape index (κ2) is 9.29. The van der Waals surface area contributed by atoms with Crippen molar-refractivity contribution in [2.24, 2.45) is 0 Å². The third-order valence-electron chi connectivity index (χ3n) is 1.03. The third-order valence-corrected chi connectivity index (χ3v) is 1.03. The van der Waals surface area contributed by atoms with Gasteiger partial charge in [0, 0.05) is 6.42 Å². The van der Waals surface area contributed by atoms with Crippen LogP contribution in [0.2, 0.25) is 0 Å². The van der Waals surface area contributed by atoms with Gasteiger partial charge in [-0.25, -0.2) is 0 Å².